The minimum absolute atomic E-state index is 0.0104. The van der Waals surface area contributed by atoms with E-state index in [1.807, 2.05) is 0 Å². The second-order valence-electron chi connectivity index (χ2n) is 6.56. The number of anilines is 1. The molecular formula is C21H15ClN6O4. The Morgan fingerprint density at radius 3 is 2.59 bits per heavy atom. The number of hydrogen-bond acceptors (Lipinski definition) is 7. The van der Waals surface area contributed by atoms with Crippen LogP contribution in [0.5, 0.6) is 11.6 Å². The van der Waals surface area contributed by atoms with Crippen molar-refractivity contribution < 1.29 is 14.5 Å². The molecule has 4 aromatic rings. The van der Waals surface area contributed by atoms with Crippen LogP contribution >= 0.6 is 11.6 Å². The van der Waals surface area contributed by atoms with Gasteiger partial charge in [0.2, 0.25) is 5.88 Å². The molecule has 0 atom stereocenters. The van der Waals surface area contributed by atoms with E-state index >= 15 is 0 Å². The van der Waals surface area contributed by atoms with Gasteiger partial charge in [-0.05, 0) is 43.3 Å². The molecule has 2 aromatic heterocycles. The van der Waals surface area contributed by atoms with Crippen LogP contribution in [0.25, 0.3) is 5.82 Å². The van der Waals surface area contributed by atoms with E-state index in [9.17, 15) is 14.9 Å². The molecule has 0 spiro atoms. The molecule has 0 radical (unpaired) electrons. The number of nitro benzene ring substituents is 1. The third-order valence-electron chi connectivity index (χ3n) is 4.28. The monoisotopic (exact) mass is 450 g/mol. The van der Waals surface area contributed by atoms with Gasteiger partial charge in [-0.25, -0.2) is 9.67 Å². The lowest BCUT2D eigenvalue weighted by molar-refractivity contribution is -0.384. The highest BCUT2D eigenvalue weighted by Gasteiger charge is 2.15. The predicted octanol–water partition coefficient (Wildman–Crippen LogP) is 4.58. The molecule has 11 heteroatoms. The number of aromatic nitrogens is 4. The van der Waals surface area contributed by atoms with Crippen molar-refractivity contribution in [3.63, 3.8) is 0 Å². The summed E-state index contributed by atoms with van der Waals surface area (Å²) < 4.78 is 7.41. The maximum Gasteiger partial charge on any atom is 0.270 e. The molecule has 10 nitrogen and oxygen atoms in total. The second kappa shape index (κ2) is 8.82. The van der Waals surface area contributed by atoms with Gasteiger partial charge in [0.15, 0.2) is 5.82 Å². The molecule has 160 valence electrons. The second-order valence-corrected chi connectivity index (χ2v) is 6.97. The fraction of sp³-hybridized carbons (Fsp3) is 0.0476. The number of rotatable bonds is 6. The number of hydrogen-bond donors (Lipinski definition) is 1. The van der Waals surface area contributed by atoms with E-state index < -0.39 is 10.8 Å². The van der Waals surface area contributed by atoms with E-state index in [0.717, 1.165) is 6.07 Å². The summed E-state index contributed by atoms with van der Waals surface area (Å²) in [5, 5.41) is 17.6. The van der Waals surface area contributed by atoms with Crippen molar-refractivity contribution in [1.29, 1.82) is 0 Å². The zero-order valence-electron chi connectivity index (χ0n) is 16.6. The van der Waals surface area contributed by atoms with Crippen molar-refractivity contribution >= 4 is 28.9 Å². The molecule has 2 heterocycles. The highest BCUT2D eigenvalue weighted by molar-refractivity contribution is 6.34. The average molecular weight is 451 g/mol. The number of amides is 1. The van der Waals surface area contributed by atoms with Crippen LogP contribution in [0, 0.1) is 17.0 Å². The molecule has 1 N–H and O–H groups in total. The molecule has 0 fully saturated rings. The largest absolute Gasteiger partial charge is 0.439 e. The van der Waals surface area contributed by atoms with E-state index in [-0.39, 0.29) is 16.3 Å². The van der Waals surface area contributed by atoms with Gasteiger partial charge in [0.25, 0.3) is 11.6 Å². The summed E-state index contributed by atoms with van der Waals surface area (Å²) >= 11 is 6.01. The van der Waals surface area contributed by atoms with Crippen LogP contribution in [0.2, 0.25) is 5.02 Å². The molecule has 4 rings (SSSR count). The van der Waals surface area contributed by atoms with Crippen molar-refractivity contribution in [2.75, 3.05) is 5.32 Å². The lowest BCUT2D eigenvalue weighted by Crippen LogP contribution is -2.12. The fourth-order valence-corrected chi connectivity index (χ4v) is 3.09. The molecule has 0 unspecified atom stereocenters. The highest BCUT2D eigenvalue weighted by Crippen LogP contribution is 2.25. The first-order valence-electron chi connectivity index (χ1n) is 9.28. The molecule has 2 aromatic carbocycles. The average Bonchev–Trinajstić information content (AvgIpc) is 3.29. The topological polar surface area (TPSA) is 125 Å². The summed E-state index contributed by atoms with van der Waals surface area (Å²) in [6, 6.07) is 13.7. The molecule has 0 saturated carbocycles. The molecule has 0 saturated heterocycles. The minimum Gasteiger partial charge on any atom is -0.439 e. The van der Waals surface area contributed by atoms with Crippen molar-refractivity contribution in [1.82, 2.24) is 19.7 Å². The quantitative estimate of drug-likeness (QED) is 0.336. The van der Waals surface area contributed by atoms with Crippen LogP contribution in [0.1, 0.15) is 16.2 Å². The summed E-state index contributed by atoms with van der Waals surface area (Å²) in [7, 11) is 0. The lowest BCUT2D eigenvalue weighted by Gasteiger charge is -2.10. The number of nitrogens with one attached hydrogen (secondary N) is 1. The van der Waals surface area contributed by atoms with Crippen molar-refractivity contribution in [2.24, 2.45) is 0 Å². The van der Waals surface area contributed by atoms with Crippen molar-refractivity contribution in [3.8, 4) is 17.4 Å². The number of non-ortho nitro benzene ring substituents is 1. The first kappa shape index (κ1) is 20.9. The SMILES string of the molecule is Cc1nc(Oc2ccc(NC(=O)c3ccc([N+](=O)[O-])cc3Cl)cc2)cc(-n2cccn2)n1. The van der Waals surface area contributed by atoms with Gasteiger partial charge in [0.05, 0.1) is 15.5 Å². The number of benzene rings is 2. The summed E-state index contributed by atoms with van der Waals surface area (Å²) in [6.07, 6.45) is 3.41. The van der Waals surface area contributed by atoms with E-state index in [2.05, 4.69) is 20.4 Å². The molecule has 0 aliphatic rings. The van der Waals surface area contributed by atoms with Crippen molar-refractivity contribution in [2.45, 2.75) is 6.92 Å². The number of aryl methyl sites for hydroxylation is 1. The Hall–Kier alpha value is -4.31. The first-order chi connectivity index (χ1) is 15.4. The normalized spacial score (nSPS) is 10.6. The summed E-state index contributed by atoms with van der Waals surface area (Å²) in [5.41, 5.74) is 0.428. The van der Waals surface area contributed by atoms with Crippen LogP contribution in [0.15, 0.2) is 67.0 Å². The molecule has 1 amide bonds. The fourth-order valence-electron chi connectivity index (χ4n) is 2.83. The van der Waals surface area contributed by atoms with Gasteiger partial charge in [-0.3, -0.25) is 14.9 Å². The Bertz CT molecular complexity index is 1290. The number of carbonyl (C=O) groups is 1. The summed E-state index contributed by atoms with van der Waals surface area (Å²) in [6.45, 7) is 1.75. The first-order valence-corrected chi connectivity index (χ1v) is 9.66. The lowest BCUT2D eigenvalue weighted by atomic mass is 10.2. The van der Waals surface area contributed by atoms with Gasteiger partial charge in [-0.2, -0.15) is 10.1 Å². The number of halogens is 1. The van der Waals surface area contributed by atoms with Crippen LogP contribution in [0.4, 0.5) is 11.4 Å². The van der Waals surface area contributed by atoms with E-state index in [0.29, 0.717) is 29.0 Å². The zero-order chi connectivity index (χ0) is 22.7. The minimum atomic E-state index is -0.580. The van der Waals surface area contributed by atoms with Crippen LogP contribution in [-0.2, 0) is 0 Å². The van der Waals surface area contributed by atoms with Crippen molar-refractivity contribution in [3.05, 3.63) is 93.5 Å². The van der Waals surface area contributed by atoms with Gasteiger partial charge < -0.3 is 10.1 Å². The van der Waals surface area contributed by atoms with Crippen LogP contribution in [0.3, 0.4) is 0 Å². The van der Waals surface area contributed by atoms with Gasteiger partial charge in [0.1, 0.15) is 11.6 Å². The Balaban J connectivity index is 1.46. The summed E-state index contributed by atoms with van der Waals surface area (Å²) in [5.74, 6) is 1.45. The number of nitrogens with zero attached hydrogens (tertiary/aromatic N) is 5. The molecule has 0 aliphatic carbocycles. The zero-order valence-corrected chi connectivity index (χ0v) is 17.4. The highest BCUT2D eigenvalue weighted by atomic mass is 35.5. The van der Waals surface area contributed by atoms with E-state index in [1.54, 1.807) is 60.4 Å². The predicted molar refractivity (Wildman–Crippen MR) is 116 cm³/mol. The smallest absolute Gasteiger partial charge is 0.270 e. The number of nitro groups is 1. The Morgan fingerprint density at radius 1 is 1.16 bits per heavy atom. The van der Waals surface area contributed by atoms with E-state index in [4.69, 9.17) is 16.3 Å². The van der Waals surface area contributed by atoms with Crippen LogP contribution in [-0.4, -0.2) is 30.6 Å². The molecular weight excluding hydrogens is 436 g/mol. The number of carbonyl (C=O) groups excluding carboxylic acids is 1. The maximum absolute atomic E-state index is 12.5. The van der Waals surface area contributed by atoms with Gasteiger partial charge in [0, 0.05) is 36.3 Å². The van der Waals surface area contributed by atoms with Gasteiger partial charge in [-0.1, -0.05) is 11.6 Å². The van der Waals surface area contributed by atoms with Crippen LogP contribution < -0.4 is 10.1 Å². The molecule has 32 heavy (non-hydrogen) atoms. The third-order valence-corrected chi connectivity index (χ3v) is 4.60. The van der Waals surface area contributed by atoms with Gasteiger partial charge >= 0.3 is 0 Å². The molecule has 0 aliphatic heterocycles. The maximum atomic E-state index is 12.5. The standard InChI is InChI=1S/C21H15ClN6O4/c1-13-24-19(27-10-2-9-23-27)12-20(25-13)32-16-6-3-14(4-7-16)26-21(29)17-8-5-15(28(30)31)11-18(17)22/h2-12H,1H3,(H,26,29). The Labute approximate surface area is 186 Å². The molecule has 0 bridgehead atoms. The van der Waals surface area contributed by atoms with Gasteiger partial charge in [-0.15, -0.1) is 0 Å². The Kier molecular flexibility index (Phi) is 5.77. The number of ether oxygens (including phenoxy) is 1. The summed E-state index contributed by atoms with van der Waals surface area (Å²) in [4.78, 5) is 31.3. The van der Waals surface area contributed by atoms with E-state index in [1.165, 1.54) is 12.1 Å². The Morgan fingerprint density at radius 2 is 1.94 bits per heavy atom. The third kappa shape index (κ3) is 4.71.